The number of amides is 1. The van der Waals surface area contributed by atoms with Gasteiger partial charge in [0.25, 0.3) is 5.91 Å². The fourth-order valence-corrected chi connectivity index (χ4v) is 4.98. The van der Waals surface area contributed by atoms with Crippen molar-refractivity contribution in [2.24, 2.45) is 5.16 Å². The SMILES string of the molecule is CCO/N=C1/C(=O)N(CCCCCOc2ccc3oc(-c4ccc(OC)cc4)c(C(=O)OCC)c3c2)c2ccc(F)cc21. The van der Waals surface area contributed by atoms with E-state index in [4.69, 9.17) is 23.5 Å². The van der Waals surface area contributed by atoms with Crippen molar-refractivity contribution in [3.8, 4) is 22.8 Å². The van der Waals surface area contributed by atoms with E-state index < -0.39 is 11.8 Å². The van der Waals surface area contributed by atoms with E-state index in [9.17, 15) is 14.0 Å². The summed E-state index contributed by atoms with van der Waals surface area (Å²) in [6.45, 7) is 4.96. The summed E-state index contributed by atoms with van der Waals surface area (Å²) in [6, 6.07) is 16.9. The van der Waals surface area contributed by atoms with Gasteiger partial charge in [-0.1, -0.05) is 5.16 Å². The van der Waals surface area contributed by atoms with E-state index in [0.717, 1.165) is 18.4 Å². The first kappa shape index (κ1) is 29.6. The number of benzene rings is 3. The second-order valence-electron chi connectivity index (χ2n) is 9.80. The largest absolute Gasteiger partial charge is 0.497 e. The monoisotopic (exact) mass is 588 g/mol. The molecule has 0 spiro atoms. The molecule has 0 radical (unpaired) electrons. The van der Waals surface area contributed by atoms with Crippen molar-refractivity contribution in [3.63, 3.8) is 0 Å². The van der Waals surface area contributed by atoms with E-state index in [1.54, 1.807) is 62.3 Å². The molecular formula is C33H33FN2O7. The van der Waals surface area contributed by atoms with Gasteiger partial charge in [0.05, 0.1) is 26.0 Å². The lowest BCUT2D eigenvalue weighted by atomic mass is 10.1. The van der Waals surface area contributed by atoms with Crippen LogP contribution in [0.3, 0.4) is 0 Å². The van der Waals surface area contributed by atoms with Gasteiger partial charge in [-0.15, -0.1) is 0 Å². The van der Waals surface area contributed by atoms with Gasteiger partial charge in [0.2, 0.25) is 0 Å². The Hall–Kier alpha value is -4.86. The van der Waals surface area contributed by atoms with Gasteiger partial charge in [0, 0.05) is 23.1 Å². The Labute approximate surface area is 248 Å². The zero-order valence-corrected chi connectivity index (χ0v) is 24.4. The van der Waals surface area contributed by atoms with Crippen molar-refractivity contribution >= 4 is 34.2 Å². The third-order valence-corrected chi connectivity index (χ3v) is 7.02. The molecule has 0 aliphatic carbocycles. The van der Waals surface area contributed by atoms with Crippen LogP contribution in [-0.4, -0.2) is 51.1 Å². The Bertz CT molecular complexity index is 1650. The number of hydrogen-bond acceptors (Lipinski definition) is 8. The predicted octanol–water partition coefficient (Wildman–Crippen LogP) is 6.76. The van der Waals surface area contributed by atoms with Gasteiger partial charge >= 0.3 is 5.97 Å². The lowest BCUT2D eigenvalue weighted by Gasteiger charge is -2.16. The Morgan fingerprint density at radius 3 is 2.49 bits per heavy atom. The summed E-state index contributed by atoms with van der Waals surface area (Å²) in [7, 11) is 1.59. The van der Waals surface area contributed by atoms with Crippen LogP contribution in [0.15, 0.2) is 70.2 Å². The topological polar surface area (TPSA) is 99.8 Å². The number of anilines is 1. The van der Waals surface area contributed by atoms with Gasteiger partial charge < -0.3 is 28.4 Å². The van der Waals surface area contributed by atoms with Crippen LogP contribution < -0.4 is 14.4 Å². The fraction of sp³-hybridized carbons (Fsp3) is 0.303. The molecule has 2 heterocycles. The number of halogens is 1. The molecule has 0 N–H and O–H groups in total. The Morgan fingerprint density at radius 2 is 1.74 bits per heavy atom. The lowest BCUT2D eigenvalue weighted by molar-refractivity contribution is -0.112. The molecular weight excluding hydrogens is 555 g/mol. The second-order valence-corrected chi connectivity index (χ2v) is 9.80. The molecule has 5 rings (SSSR count). The number of nitrogens with zero attached hydrogens (tertiary/aromatic N) is 2. The van der Waals surface area contributed by atoms with Gasteiger partial charge in [0.1, 0.15) is 40.8 Å². The highest BCUT2D eigenvalue weighted by Gasteiger charge is 2.34. The normalized spacial score (nSPS) is 13.4. The molecule has 1 aromatic heterocycles. The molecule has 0 saturated heterocycles. The smallest absolute Gasteiger partial charge is 0.342 e. The molecule has 0 bridgehead atoms. The van der Waals surface area contributed by atoms with Gasteiger partial charge in [-0.3, -0.25) is 4.79 Å². The molecule has 4 aromatic rings. The van der Waals surface area contributed by atoms with Crippen LogP contribution in [0.2, 0.25) is 0 Å². The molecule has 0 unspecified atom stereocenters. The van der Waals surface area contributed by atoms with Crippen molar-refractivity contribution in [2.75, 3.05) is 38.4 Å². The molecule has 10 heteroatoms. The van der Waals surface area contributed by atoms with Gasteiger partial charge in [-0.25, -0.2) is 9.18 Å². The molecule has 1 aliphatic heterocycles. The molecule has 0 saturated carbocycles. The van der Waals surface area contributed by atoms with Crippen LogP contribution in [-0.2, 0) is 14.4 Å². The number of ether oxygens (including phenoxy) is 3. The first-order valence-corrected chi connectivity index (χ1v) is 14.3. The number of carbonyl (C=O) groups is 2. The molecule has 224 valence electrons. The third-order valence-electron chi connectivity index (χ3n) is 7.02. The number of hydrogen-bond donors (Lipinski definition) is 0. The highest BCUT2D eigenvalue weighted by Crippen LogP contribution is 2.37. The number of unbranched alkanes of at least 4 members (excludes halogenated alkanes) is 2. The van der Waals surface area contributed by atoms with Crippen molar-refractivity contribution in [3.05, 3.63) is 77.6 Å². The van der Waals surface area contributed by atoms with Crippen LogP contribution in [0.4, 0.5) is 10.1 Å². The second kappa shape index (κ2) is 13.4. The van der Waals surface area contributed by atoms with Crippen molar-refractivity contribution in [2.45, 2.75) is 33.1 Å². The summed E-state index contributed by atoms with van der Waals surface area (Å²) < 4.78 is 36.5. The maximum Gasteiger partial charge on any atom is 0.342 e. The Kier molecular flexibility index (Phi) is 9.24. The Morgan fingerprint density at radius 1 is 0.953 bits per heavy atom. The number of methoxy groups -OCH3 is 1. The molecule has 0 fully saturated rings. The summed E-state index contributed by atoms with van der Waals surface area (Å²) in [5.74, 6) is 0.506. The number of furan rings is 1. The average molecular weight is 589 g/mol. The molecule has 1 aliphatic rings. The fourth-order valence-electron chi connectivity index (χ4n) is 4.98. The summed E-state index contributed by atoms with van der Waals surface area (Å²) in [5, 5.41) is 4.52. The van der Waals surface area contributed by atoms with Crippen LogP contribution in [0.1, 0.15) is 49.0 Å². The van der Waals surface area contributed by atoms with Crippen LogP contribution in [0.25, 0.3) is 22.3 Å². The number of carbonyl (C=O) groups excluding carboxylic acids is 2. The predicted molar refractivity (Wildman–Crippen MR) is 160 cm³/mol. The minimum Gasteiger partial charge on any atom is -0.497 e. The summed E-state index contributed by atoms with van der Waals surface area (Å²) in [4.78, 5) is 32.6. The van der Waals surface area contributed by atoms with Crippen LogP contribution >= 0.6 is 0 Å². The van der Waals surface area contributed by atoms with E-state index in [0.29, 0.717) is 71.2 Å². The molecule has 0 atom stereocenters. The summed E-state index contributed by atoms with van der Waals surface area (Å²) in [6.07, 6.45) is 2.25. The highest BCUT2D eigenvalue weighted by molar-refractivity contribution is 6.54. The van der Waals surface area contributed by atoms with E-state index >= 15 is 0 Å². The number of oxime groups is 1. The molecule has 43 heavy (non-hydrogen) atoms. The van der Waals surface area contributed by atoms with E-state index in [1.807, 2.05) is 12.1 Å². The number of esters is 1. The molecule has 3 aromatic carbocycles. The van der Waals surface area contributed by atoms with Gasteiger partial charge in [-0.05, 0) is 93.8 Å². The maximum absolute atomic E-state index is 13.9. The van der Waals surface area contributed by atoms with E-state index in [2.05, 4.69) is 5.16 Å². The van der Waals surface area contributed by atoms with Gasteiger partial charge in [-0.2, -0.15) is 0 Å². The number of fused-ring (bicyclic) bond motifs is 2. The molecule has 9 nitrogen and oxygen atoms in total. The first-order chi connectivity index (χ1) is 20.9. The maximum atomic E-state index is 13.9. The third kappa shape index (κ3) is 6.33. The minimum absolute atomic E-state index is 0.117. The Balaban J connectivity index is 1.22. The minimum atomic E-state index is -0.473. The highest BCUT2D eigenvalue weighted by atomic mass is 19.1. The van der Waals surface area contributed by atoms with Crippen LogP contribution in [0, 0.1) is 5.82 Å². The van der Waals surface area contributed by atoms with Crippen molar-refractivity contribution < 1.29 is 37.4 Å². The van der Waals surface area contributed by atoms with Crippen molar-refractivity contribution in [1.82, 2.24) is 0 Å². The summed E-state index contributed by atoms with van der Waals surface area (Å²) in [5.41, 5.74) is 2.79. The molecule has 1 amide bonds. The zero-order chi connectivity index (χ0) is 30.3. The number of rotatable bonds is 13. The van der Waals surface area contributed by atoms with E-state index in [-0.39, 0.29) is 18.2 Å². The van der Waals surface area contributed by atoms with Gasteiger partial charge in [0.15, 0.2) is 5.71 Å². The van der Waals surface area contributed by atoms with Crippen molar-refractivity contribution in [1.29, 1.82) is 0 Å². The van der Waals surface area contributed by atoms with E-state index in [1.165, 1.54) is 12.1 Å². The zero-order valence-electron chi connectivity index (χ0n) is 24.4. The standard InChI is InChI=1S/C33H33FN2O7/c1-4-40-33(38)29-26-20-24(14-16-28(26)43-31(29)21-9-12-23(39-3)13-10-21)41-18-8-6-7-17-36-27-15-11-22(34)19-25(27)30(32(36)37)35-42-5-2/h9-16,19-20H,4-8,17-18H2,1-3H3/b35-30+. The van der Waals surface area contributed by atoms with Crippen LogP contribution in [0.5, 0.6) is 11.5 Å². The quantitative estimate of drug-likeness (QED) is 0.0966. The average Bonchev–Trinajstić information content (AvgIpc) is 3.52. The summed E-state index contributed by atoms with van der Waals surface area (Å²) >= 11 is 0. The first-order valence-electron chi connectivity index (χ1n) is 14.3. The lowest BCUT2D eigenvalue weighted by Crippen LogP contribution is -2.31.